The Morgan fingerprint density at radius 2 is 2.00 bits per heavy atom. The molecule has 0 amide bonds. The number of benzene rings is 1. The van der Waals surface area contributed by atoms with Crippen molar-refractivity contribution in [3.8, 4) is 0 Å². The Hall–Kier alpha value is -1.81. The standard InChI is InChI=1S/C15H20N4/c1-10-9-18-15(19-7-5-11(16)6-8-19)12-3-2-4-13(17)14(10)12/h2-4,9,11H,5-8,16-17H2,1H3. The first kappa shape index (κ1) is 12.2. The number of anilines is 2. The van der Waals surface area contributed by atoms with Crippen LogP contribution in [0.1, 0.15) is 18.4 Å². The summed E-state index contributed by atoms with van der Waals surface area (Å²) in [5, 5.41) is 2.28. The van der Waals surface area contributed by atoms with Gasteiger partial charge in [0.05, 0.1) is 0 Å². The zero-order chi connectivity index (χ0) is 13.4. The van der Waals surface area contributed by atoms with Crippen LogP contribution in [0.4, 0.5) is 11.5 Å². The van der Waals surface area contributed by atoms with Gasteiger partial charge in [-0.05, 0) is 31.4 Å². The molecular formula is C15H20N4. The third kappa shape index (κ3) is 2.12. The predicted molar refractivity (Wildman–Crippen MR) is 80.3 cm³/mol. The van der Waals surface area contributed by atoms with Crippen LogP contribution in [0, 0.1) is 6.92 Å². The van der Waals surface area contributed by atoms with Gasteiger partial charge in [0.25, 0.3) is 0 Å². The van der Waals surface area contributed by atoms with Gasteiger partial charge < -0.3 is 16.4 Å². The van der Waals surface area contributed by atoms with Crippen molar-refractivity contribution in [1.82, 2.24) is 4.98 Å². The Labute approximate surface area is 113 Å². The fourth-order valence-electron chi connectivity index (χ4n) is 2.85. The molecule has 0 atom stereocenters. The SMILES string of the molecule is Cc1cnc(N2CCC(N)CC2)c2cccc(N)c12. The number of pyridine rings is 1. The first-order chi connectivity index (χ1) is 9.16. The molecule has 100 valence electrons. The normalized spacial score (nSPS) is 17.1. The maximum Gasteiger partial charge on any atom is 0.136 e. The lowest BCUT2D eigenvalue weighted by Crippen LogP contribution is -2.40. The lowest BCUT2D eigenvalue weighted by molar-refractivity contribution is 0.499. The molecule has 0 saturated carbocycles. The molecule has 1 fully saturated rings. The molecule has 0 radical (unpaired) electrons. The van der Waals surface area contributed by atoms with Crippen molar-refractivity contribution in [2.24, 2.45) is 5.73 Å². The third-order valence-electron chi connectivity index (χ3n) is 3.95. The van der Waals surface area contributed by atoms with Crippen LogP contribution < -0.4 is 16.4 Å². The molecule has 0 aliphatic carbocycles. The van der Waals surface area contributed by atoms with Gasteiger partial charge in [0.1, 0.15) is 5.82 Å². The van der Waals surface area contributed by atoms with E-state index in [0.29, 0.717) is 6.04 Å². The zero-order valence-corrected chi connectivity index (χ0v) is 11.3. The quantitative estimate of drug-likeness (QED) is 0.766. The summed E-state index contributed by atoms with van der Waals surface area (Å²) < 4.78 is 0. The molecule has 0 bridgehead atoms. The van der Waals surface area contributed by atoms with E-state index in [1.54, 1.807) is 0 Å². The highest BCUT2D eigenvalue weighted by atomic mass is 15.2. The van der Waals surface area contributed by atoms with Crippen LogP contribution in [0.3, 0.4) is 0 Å². The van der Waals surface area contributed by atoms with Gasteiger partial charge in [-0.25, -0.2) is 4.98 Å². The monoisotopic (exact) mass is 256 g/mol. The minimum atomic E-state index is 0.332. The molecule has 0 spiro atoms. The van der Waals surface area contributed by atoms with E-state index in [-0.39, 0.29) is 0 Å². The van der Waals surface area contributed by atoms with Crippen molar-refractivity contribution >= 4 is 22.3 Å². The Morgan fingerprint density at radius 3 is 2.74 bits per heavy atom. The molecule has 1 saturated heterocycles. The lowest BCUT2D eigenvalue weighted by atomic mass is 10.0. The van der Waals surface area contributed by atoms with Gasteiger partial charge in [0.15, 0.2) is 0 Å². The topological polar surface area (TPSA) is 68.2 Å². The van der Waals surface area contributed by atoms with Crippen molar-refractivity contribution < 1.29 is 0 Å². The van der Waals surface area contributed by atoms with E-state index in [1.807, 2.05) is 18.3 Å². The smallest absolute Gasteiger partial charge is 0.136 e. The van der Waals surface area contributed by atoms with Gasteiger partial charge in [-0.15, -0.1) is 0 Å². The number of nitrogen functional groups attached to an aromatic ring is 1. The highest BCUT2D eigenvalue weighted by molar-refractivity contribution is 6.01. The van der Waals surface area contributed by atoms with E-state index < -0.39 is 0 Å². The summed E-state index contributed by atoms with van der Waals surface area (Å²) in [5.41, 5.74) is 14.0. The predicted octanol–water partition coefficient (Wildman–Crippen LogP) is 2.05. The second kappa shape index (κ2) is 4.70. The van der Waals surface area contributed by atoms with Gasteiger partial charge >= 0.3 is 0 Å². The molecule has 19 heavy (non-hydrogen) atoms. The van der Waals surface area contributed by atoms with Crippen LogP contribution in [0.15, 0.2) is 24.4 Å². The van der Waals surface area contributed by atoms with Crippen molar-refractivity contribution in [3.05, 3.63) is 30.0 Å². The highest BCUT2D eigenvalue weighted by Gasteiger charge is 2.19. The summed E-state index contributed by atoms with van der Waals surface area (Å²) in [6.07, 6.45) is 3.97. The summed E-state index contributed by atoms with van der Waals surface area (Å²) in [4.78, 5) is 6.95. The number of piperidine rings is 1. The first-order valence-corrected chi connectivity index (χ1v) is 6.81. The van der Waals surface area contributed by atoms with Crippen molar-refractivity contribution in [1.29, 1.82) is 0 Å². The lowest BCUT2D eigenvalue weighted by Gasteiger charge is -2.32. The zero-order valence-electron chi connectivity index (χ0n) is 11.3. The minimum Gasteiger partial charge on any atom is -0.398 e. The van der Waals surface area contributed by atoms with Gasteiger partial charge in [-0.2, -0.15) is 0 Å². The molecule has 1 aliphatic heterocycles. The number of hydrogen-bond acceptors (Lipinski definition) is 4. The van der Waals surface area contributed by atoms with Crippen LogP contribution in [0.2, 0.25) is 0 Å². The maximum atomic E-state index is 6.11. The van der Waals surface area contributed by atoms with E-state index >= 15 is 0 Å². The summed E-state index contributed by atoms with van der Waals surface area (Å²) >= 11 is 0. The summed E-state index contributed by atoms with van der Waals surface area (Å²) in [7, 11) is 0. The van der Waals surface area contributed by atoms with Crippen LogP contribution in [-0.4, -0.2) is 24.1 Å². The van der Waals surface area contributed by atoms with E-state index in [2.05, 4.69) is 22.9 Å². The third-order valence-corrected chi connectivity index (χ3v) is 3.95. The van der Waals surface area contributed by atoms with E-state index in [1.165, 1.54) is 0 Å². The van der Waals surface area contributed by atoms with Crippen molar-refractivity contribution in [2.45, 2.75) is 25.8 Å². The number of nitrogens with zero attached hydrogens (tertiary/aromatic N) is 2. The summed E-state index contributed by atoms with van der Waals surface area (Å²) in [6, 6.07) is 6.39. The number of rotatable bonds is 1. The van der Waals surface area contributed by atoms with Gasteiger partial charge in [0, 0.05) is 41.8 Å². The second-order valence-corrected chi connectivity index (χ2v) is 5.36. The molecule has 1 aromatic carbocycles. The average molecular weight is 256 g/mol. The second-order valence-electron chi connectivity index (χ2n) is 5.36. The largest absolute Gasteiger partial charge is 0.398 e. The fraction of sp³-hybridized carbons (Fsp3) is 0.400. The molecule has 0 unspecified atom stereocenters. The molecule has 4 heteroatoms. The van der Waals surface area contributed by atoms with Crippen LogP contribution in [0.5, 0.6) is 0 Å². The molecule has 4 N–H and O–H groups in total. The first-order valence-electron chi connectivity index (χ1n) is 6.81. The molecule has 2 aromatic rings. The van der Waals surface area contributed by atoms with Crippen molar-refractivity contribution in [2.75, 3.05) is 23.7 Å². The number of hydrogen-bond donors (Lipinski definition) is 2. The van der Waals surface area contributed by atoms with E-state index in [4.69, 9.17) is 11.5 Å². The van der Waals surface area contributed by atoms with Gasteiger partial charge in [-0.1, -0.05) is 12.1 Å². The fourth-order valence-corrected chi connectivity index (χ4v) is 2.85. The number of aryl methyl sites for hydroxylation is 1. The molecule has 3 rings (SSSR count). The van der Waals surface area contributed by atoms with Gasteiger partial charge in [-0.3, -0.25) is 0 Å². The van der Waals surface area contributed by atoms with Crippen LogP contribution in [-0.2, 0) is 0 Å². The highest BCUT2D eigenvalue weighted by Crippen LogP contribution is 2.31. The molecule has 4 nitrogen and oxygen atoms in total. The minimum absolute atomic E-state index is 0.332. The average Bonchev–Trinajstić information content (AvgIpc) is 2.41. The molecule has 1 aromatic heterocycles. The molecule has 1 aliphatic rings. The molecule has 2 heterocycles. The van der Waals surface area contributed by atoms with Crippen LogP contribution in [0.25, 0.3) is 10.8 Å². The molecular weight excluding hydrogens is 236 g/mol. The number of fused-ring (bicyclic) bond motifs is 1. The number of aromatic nitrogens is 1. The van der Waals surface area contributed by atoms with Crippen molar-refractivity contribution in [3.63, 3.8) is 0 Å². The summed E-state index contributed by atoms with van der Waals surface area (Å²) in [6.45, 7) is 4.00. The maximum absolute atomic E-state index is 6.11. The summed E-state index contributed by atoms with van der Waals surface area (Å²) in [5.74, 6) is 1.04. The number of nitrogens with two attached hydrogens (primary N) is 2. The van der Waals surface area contributed by atoms with E-state index in [0.717, 1.165) is 53.8 Å². The Kier molecular flexibility index (Phi) is 3.03. The van der Waals surface area contributed by atoms with Crippen LogP contribution >= 0.6 is 0 Å². The Balaban J connectivity index is 2.10. The Bertz CT molecular complexity index is 592. The van der Waals surface area contributed by atoms with Gasteiger partial charge in [0.2, 0.25) is 0 Å². The van der Waals surface area contributed by atoms with E-state index in [9.17, 15) is 0 Å². The Morgan fingerprint density at radius 1 is 1.26 bits per heavy atom.